The predicted octanol–water partition coefficient (Wildman–Crippen LogP) is 4.57. The molecule has 0 aliphatic heterocycles. The molecule has 2 atom stereocenters. The van der Waals surface area contributed by atoms with Crippen molar-refractivity contribution in [3.8, 4) is 0 Å². The summed E-state index contributed by atoms with van der Waals surface area (Å²) in [6, 6.07) is 15.9. The average molecular weight is 395 g/mol. The number of rotatable bonds is 9. The third-order valence-corrected chi connectivity index (χ3v) is 5.35. The SMILES string of the molecule is CC[C@H](C)NC(=O)[C@H](C)N(Cc1cccc(C)c1)C(=O)CCc1ccc(C)cc1. The normalized spacial score (nSPS) is 12.9. The number of benzene rings is 2. The maximum absolute atomic E-state index is 13.1. The fourth-order valence-electron chi connectivity index (χ4n) is 3.20. The van der Waals surface area contributed by atoms with Gasteiger partial charge in [-0.25, -0.2) is 0 Å². The Labute approximate surface area is 175 Å². The van der Waals surface area contributed by atoms with E-state index >= 15 is 0 Å². The number of nitrogens with one attached hydrogen (secondary N) is 1. The van der Waals surface area contributed by atoms with Gasteiger partial charge in [0.25, 0.3) is 0 Å². The van der Waals surface area contributed by atoms with Crippen molar-refractivity contribution in [3.63, 3.8) is 0 Å². The van der Waals surface area contributed by atoms with Gasteiger partial charge in [-0.3, -0.25) is 9.59 Å². The van der Waals surface area contributed by atoms with Crippen molar-refractivity contribution < 1.29 is 9.59 Å². The van der Waals surface area contributed by atoms with Gasteiger partial charge in [0.15, 0.2) is 0 Å². The molecule has 2 aromatic carbocycles. The number of amides is 2. The van der Waals surface area contributed by atoms with Crippen molar-refractivity contribution in [3.05, 3.63) is 70.8 Å². The van der Waals surface area contributed by atoms with Crippen LogP contribution in [0.15, 0.2) is 48.5 Å². The molecule has 0 aromatic heterocycles. The second-order valence-electron chi connectivity index (χ2n) is 7.99. The maximum Gasteiger partial charge on any atom is 0.242 e. The van der Waals surface area contributed by atoms with E-state index in [1.165, 1.54) is 5.56 Å². The van der Waals surface area contributed by atoms with E-state index in [4.69, 9.17) is 0 Å². The zero-order valence-electron chi connectivity index (χ0n) is 18.4. The van der Waals surface area contributed by atoms with Crippen LogP contribution < -0.4 is 5.32 Å². The molecule has 0 radical (unpaired) electrons. The Bertz CT molecular complexity index is 814. The van der Waals surface area contributed by atoms with Crippen molar-refractivity contribution in [2.45, 2.75) is 72.5 Å². The molecule has 2 aromatic rings. The molecule has 156 valence electrons. The standard InChI is InChI=1S/C25H34N2O2/c1-6-20(4)26-25(29)21(5)27(17-23-9-7-8-19(3)16-23)24(28)15-14-22-12-10-18(2)11-13-22/h7-13,16,20-21H,6,14-15,17H2,1-5H3,(H,26,29)/t20-,21-/m0/s1. The van der Waals surface area contributed by atoms with E-state index in [0.29, 0.717) is 19.4 Å². The Hall–Kier alpha value is -2.62. The smallest absolute Gasteiger partial charge is 0.242 e. The van der Waals surface area contributed by atoms with E-state index in [1.54, 1.807) is 4.90 Å². The zero-order chi connectivity index (χ0) is 21.4. The quantitative estimate of drug-likeness (QED) is 0.677. The largest absolute Gasteiger partial charge is 0.352 e. The molecule has 4 heteroatoms. The van der Waals surface area contributed by atoms with E-state index in [9.17, 15) is 9.59 Å². The monoisotopic (exact) mass is 394 g/mol. The minimum atomic E-state index is -0.518. The third-order valence-electron chi connectivity index (χ3n) is 5.35. The van der Waals surface area contributed by atoms with Crippen molar-refractivity contribution in [1.29, 1.82) is 0 Å². The molecule has 0 bridgehead atoms. The molecule has 4 nitrogen and oxygen atoms in total. The number of nitrogens with zero attached hydrogens (tertiary/aromatic N) is 1. The Morgan fingerprint density at radius 1 is 0.966 bits per heavy atom. The summed E-state index contributed by atoms with van der Waals surface area (Å²) < 4.78 is 0. The van der Waals surface area contributed by atoms with Crippen LogP contribution in [0.5, 0.6) is 0 Å². The highest BCUT2D eigenvalue weighted by Crippen LogP contribution is 2.15. The first-order valence-electron chi connectivity index (χ1n) is 10.5. The second-order valence-corrected chi connectivity index (χ2v) is 7.99. The minimum absolute atomic E-state index is 0.00103. The van der Waals surface area contributed by atoms with Gasteiger partial charge in [0, 0.05) is 19.0 Å². The lowest BCUT2D eigenvalue weighted by Crippen LogP contribution is -2.49. The lowest BCUT2D eigenvalue weighted by molar-refractivity contribution is -0.140. The van der Waals surface area contributed by atoms with Gasteiger partial charge in [0.2, 0.25) is 11.8 Å². The highest BCUT2D eigenvalue weighted by Gasteiger charge is 2.26. The van der Waals surface area contributed by atoms with Crippen LogP contribution in [0.2, 0.25) is 0 Å². The Balaban J connectivity index is 2.14. The summed E-state index contributed by atoms with van der Waals surface area (Å²) in [6.07, 6.45) is 1.91. The predicted molar refractivity (Wildman–Crippen MR) is 119 cm³/mol. The van der Waals surface area contributed by atoms with Gasteiger partial charge >= 0.3 is 0 Å². The molecule has 0 heterocycles. The number of aryl methyl sites for hydroxylation is 3. The molecule has 0 aliphatic carbocycles. The molecular formula is C25H34N2O2. The fraction of sp³-hybridized carbons (Fsp3) is 0.440. The van der Waals surface area contributed by atoms with Crippen LogP contribution in [0.25, 0.3) is 0 Å². The van der Waals surface area contributed by atoms with Crippen LogP contribution in [0.4, 0.5) is 0 Å². The van der Waals surface area contributed by atoms with Gasteiger partial charge in [0.05, 0.1) is 0 Å². The maximum atomic E-state index is 13.1. The molecule has 2 amide bonds. The van der Waals surface area contributed by atoms with Crippen molar-refractivity contribution in [1.82, 2.24) is 10.2 Å². The van der Waals surface area contributed by atoms with Crippen LogP contribution >= 0.6 is 0 Å². The van der Waals surface area contributed by atoms with Crippen LogP contribution in [0, 0.1) is 13.8 Å². The van der Waals surface area contributed by atoms with Crippen LogP contribution in [-0.4, -0.2) is 28.8 Å². The summed E-state index contributed by atoms with van der Waals surface area (Å²) in [7, 11) is 0. The zero-order valence-corrected chi connectivity index (χ0v) is 18.4. The number of carbonyl (C=O) groups is 2. The Morgan fingerprint density at radius 2 is 1.66 bits per heavy atom. The van der Waals surface area contributed by atoms with Crippen LogP contribution in [0.3, 0.4) is 0 Å². The number of carbonyl (C=O) groups excluding carboxylic acids is 2. The molecule has 0 saturated heterocycles. The highest BCUT2D eigenvalue weighted by molar-refractivity contribution is 5.87. The van der Waals surface area contributed by atoms with E-state index in [2.05, 4.69) is 42.6 Å². The first kappa shape index (κ1) is 22.7. The first-order chi connectivity index (χ1) is 13.8. The summed E-state index contributed by atoms with van der Waals surface area (Å²) >= 11 is 0. The number of hydrogen-bond acceptors (Lipinski definition) is 2. The fourth-order valence-corrected chi connectivity index (χ4v) is 3.20. The molecule has 0 saturated carbocycles. The molecule has 0 aliphatic rings. The van der Waals surface area contributed by atoms with Crippen LogP contribution in [0.1, 0.15) is 55.9 Å². The van der Waals surface area contributed by atoms with Crippen molar-refractivity contribution in [2.75, 3.05) is 0 Å². The first-order valence-corrected chi connectivity index (χ1v) is 10.5. The molecule has 29 heavy (non-hydrogen) atoms. The molecular weight excluding hydrogens is 360 g/mol. The lowest BCUT2D eigenvalue weighted by atomic mass is 10.1. The van der Waals surface area contributed by atoms with Crippen molar-refractivity contribution in [2.24, 2.45) is 0 Å². The van der Waals surface area contributed by atoms with Crippen molar-refractivity contribution >= 4 is 11.8 Å². The van der Waals surface area contributed by atoms with Gasteiger partial charge in [-0.15, -0.1) is 0 Å². The summed E-state index contributed by atoms with van der Waals surface area (Å²) in [5.41, 5.74) is 4.52. The Kier molecular flexibility index (Phi) is 8.44. The molecule has 2 rings (SSSR count). The molecule has 0 unspecified atom stereocenters. The van der Waals surface area contributed by atoms with Gasteiger partial charge in [-0.2, -0.15) is 0 Å². The Morgan fingerprint density at radius 3 is 2.28 bits per heavy atom. The van der Waals surface area contributed by atoms with Gasteiger partial charge in [0.1, 0.15) is 6.04 Å². The molecule has 1 N–H and O–H groups in total. The summed E-state index contributed by atoms with van der Waals surface area (Å²) in [5.74, 6) is -0.102. The number of hydrogen-bond donors (Lipinski definition) is 1. The van der Waals surface area contributed by atoms with E-state index in [-0.39, 0.29) is 17.9 Å². The third kappa shape index (κ3) is 7.04. The second kappa shape index (κ2) is 10.8. The van der Waals surface area contributed by atoms with E-state index < -0.39 is 6.04 Å². The molecule has 0 fully saturated rings. The lowest BCUT2D eigenvalue weighted by Gasteiger charge is -2.30. The van der Waals surface area contributed by atoms with Gasteiger partial charge < -0.3 is 10.2 Å². The van der Waals surface area contributed by atoms with Gasteiger partial charge in [-0.1, -0.05) is 66.6 Å². The summed E-state index contributed by atoms with van der Waals surface area (Å²) in [5, 5.41) is 3.01. The van der Waals surface area contributed by atoms with Crippen LogP contribution in [-0.2, 0) is 22.6 Å². The van der Waals surface area contributed by atoms with E-state index in [0.717, 1.165) is 23.1 Å². The highest BCUT2D eigenvalue weighted by atomic mass is 16.2. The summed E-state index contributed by atoms with van der Waals surface area (Å²) in [4.78, 5) is 27.6. The topological polar surface area (TPSA) is 49.4 Å². The average Bonchev–Trinajstić information content (AvgIpc) is 2.70. The minimum Gasteiger partial charge on any atom is -0.352 e. The van der Waals surface area contributed by atoms with E-state index in [1.807, 2.05) is 45.9 Å². The molecule has 0 spiro atoms. The van der Waals surface area contributed by atoms with Gasteiger partial charge in [-0.05, 0) is 51.7 Å². The summed E-state index contributed by atoms with van der Waals surface area (Å²) in [6.45, 7) is 10.4.